The van der Waals surface area contributed by atoms with Crippen LogP contribution < -0.4 is 11.5 Å². The largest absolute Gasteiger partial charge is 0.394 e. The van der Waals surface area contributed by atoms with Gasteiger partial charge in [-0.1, -0.05) is 12.2 Å². The van der Waals surface area contributed by atoms with E-state index in [2.05, 4.69) is 4.98 Å². The highest BCUT2D eigenvalue weighted by Crippen LogP contribution is 2.31. The van der Waals surface area contributed by atoms with Gasteiger partial charge in [0.05, 0.1) is 12.9 Å². The van der Waals surface area contributed by atoms with Crippen LogP contribution in [0.2, 0.25) is 0 Å². The molecule has 100 valence electrons. The second-order valence-corrected chi connectivity index (χ2v) is 4.42. The normalized spacial score (nSPS) is 31.7. The van der Waals surface area contributed by atoms with Gasteiger partial charge in [0.15, 0.2) is 6.23 Å². The SMILES string of the molecule is NC(=S)c1ncn([C@@H]2O[C@@H](CO)[C@@H](O)[C@H]2O)c1N. The molecule has 0 saturated carbocycles. The van der Waals surface area contributed by atoms with Crippen LogP contribution in [0.25, 0.3) is 0 Å². The number of aromatic nitrogens is 2. The molecule has 2 rings (SSSR count). The molecule has 0 amide bonds. The van der Waals surface area contributed by atoms with Crippen molar-refractivity contribution in [3.63, 3.8) is 0 Å². The Morgan fingerprint density at radius 1 is 1.50 bits per heavy atom. The highest BCUT2D eigenvalue weighted by atomic mass is 32.1. The molecule has 0 aromatic carbocycles. The fourth-order valence-electron chi connectivity index (χ4n) is 1.87. The summed E-state index contributed by atoms with van der Waals surface area (Å²) >= 11 is 4.77. The molecular weight excluding hydrogens is 260 g/mol. The summed E-state index contributed by atoms with van der Waals surface area (Å²) in [7, 11) is 0. The number of thiocarbonyl (C=S) groups is 1. The topological polar surface area (TPSA) is 140 Å². The second kappa shape index (κ2) is 4.78. The number of imidazole rings is 1. The Bertz CT molecular complexity index is 465. The number of nitrogen functional groups attached to an aromatic ring is 1. The number of aliphatic hydroxyl groups excluding tert-OH is 3. The number of aliphatic hydroxyl groups is 3. The van der Waals surface area contributed by atoms with Crippen molar-refractivity contribution in [3.8, 4) is 0 Å². The van der Waals surface area contributed by atoms with Crippen LogP contribution in [-0.2, 0) is 4.74 Å². The molecule has 1 aliphatic rings. The Hall–Kier alpha value is -1.26. The molecule has 0 bridgehead atoms. The smallest absolute Gasteiger partial charge is 0.165 e. The van der Waals surface area contributed by atoms with Crippen LogP contribution in [0.1, 0.15) is 11.9 Å². The molecule has 0 unspecified atom stereocenters. The fourth-order valence-corrected chi connectivity index (χ4v) is 2.03. The summed E-state index contributed by atoms with van der Waals surface area (Å²) in [5.74, 6) is 0.136. The maximum atomic E-state index is 9.83. The molecule has 0 radical (unpaired) electrons. The van der Waals surface area contributed by atoms with E-state index >= 15 is 0 Å². The molecule has 18 heavy (non-hydrogen) atoms. The van der Waals surface area contributed by atoms with E-state index in [0.717, 1.165) is 0 Å². The summed E-state index contributed by atoms with van der Waals surface area (Å²) in [6, 6.07) is 0. The Labute approximate surface area is 108 Å². The summed E-state index contributed by atoms with van der Waals surface area (Å²) in [4.78, 5) is 3.93. The van der Waals surface area contributed by atoms with E-state index < -0.39 is 31.1 Å². The maximum absolute atomic E-state index is 9.83. The number of nitrogens with two attached hydrogens (primary N) is 2. The Morgan fingerprint density at radius 3 is 2.61 bits per heavy atom. The first-order valence-corrected chi connectivity index (χ1v) is 5.62. The molecular formula is C9H14N4O4S. The molecule has 1 aromatic rings. The van der Waals surface area contributed by atoms with Gasteiger partial charge in [0, 0.05) is 0 Å². The third kappa shape index (κ3) is 1.95. The van der Waals surface area contributed by atoms with Gasteiger partial charge in [-0.2, -0.15) is 0 Å². The lowest BCUT2D eigenvalue weighted by atomic mass is 10.1. The third-order valence-corrected chi connectivity index (χ3v) is 3.05. The van der Waals surface area contributed by atoms with E-state index in [0.29, 0.717) is 0 Å². The van der Waals surface area contributed by atoms with E-state index in [-0.39, 0.29) is 16.5 Å². The molecule has 1 fully saturated rings. The van der Waals surface area contributed by atoms with E-state index in [9.17, 15) is 10.2 Å². The van der Waals surface area contributed by atoms with Gasteiger partial charge < -0.3 is 31.5 Å². The molecule has 0 spiro atoms. The van der Waals surface area contributed by atoms with E-state index in [1.165, 1.54) is 10.9 Å². The Kier molecular flexibility index (Phi) is 3.50. The predicted molar refractivity (Wildman–Crippen MR) is 65.5 cm³/mol. The summed E-state index contributed by atoms with van der Waals surface area (Å²) in [5, 5.41) is 28.5. The number of rotatable bonds is 3. The van der Waals surface area contributed by atoms with Gasteiger partial charge in [0.1, 0.15) is 34.8 Å². The van der Waals surface area contributed by atoms with Crippen LogP contribution >= 0.6 is 12.2 Å². The predicted octanol–water partition coefficient (Wildman–Crippen LogP) is -2.29. The number of hydrogen-bond donors (Lipinski definition) is 5. The van der Waals surface area contributed by atoms with Crippen LogP contribution in [0.3, 0.4) is 0 Å². The van der Waals surface area contributed by atoms with Crippen molar-refractivity contribution in [3.05, 3.63) is 12.0 Å². The molecule has 0 aliphatic carbocycles. The molecule has 1 aliphatic heterocycles. The zero-order valence-electron chi connectivity index (χ0n) is 9.30. The first kappa shape index (κ1) is 13.2. The number of ether oxygens (including phenoxy) is 1. The van der Waals surface area contributed by atoms with Gasteiger partial charge in [0.2, 0.25) is 0 Å². The van der Waals surface area contributed by atoms with Crippen LogP contribution in [0, 0.1) is 0 Å². The molecule has 9 heteroatoms. The molecule has 1 saturated heterocycles. The van der Waals surface area contributed by atoms with Gasteiger partial charge in [-0.05, 0) is 0 Å². The first-order chi connectivity index (χ1) is 8.47. The minimum atomic E-state index is -1.22. The molecule has 8 nitrogen and oxygen atoms in total. The van der Waals surface area contributed by atoms with Crippen molar-refractivity contribution >= 4 is 23.0 Å². The number of hydrogen-bond acceptors (Lipinski definition) is 7. The molecule has 7 N–H and O–H groups in total. The number of nitrogens with zero attached hydrogens (tertiary/aromatic N) is 2. The van der Waals surface area contributed by atoms with Crippen molar-refractivity contribution in [2.45, 2.75) is 24.5 Å². The van der Waals surface area contributed by atoms with Crippen molar-refractivity contribution in [1.82, 2.24) is 9.55 Å². The third-order valence-electron chi connectivity index (χ3n) is 2.86. The van der Waals surface area contributed by atoms with Crippen molar-refractivity contribution in [1.29, 1.82) is 0 Å². The molecule has 1 aromatic heterocycles. The zero-order chi connectivity index (χ0) is 13.4. The zero-order valence-corrected chi connectivity index (χ0v) is 10.1. The Morgan fingerprint density at radius 2 is 2.17 bits per heavy atom. The standard InChI is InChI=1S/C9H14N4O4S/c10-7-4(8(11)18)12-2-13(7)9-6(16)5(15)3(1-14)17-9/h2-3,5-6,9,14-16H,1,10H2,(H2,11,18)/t3-,5+,6+,9+/m0/s1. The van der Waals surface area contributed by atoms with Crippen LogP contribution in [0.4, 0.5) is 5.82 Å². The highest BCUT2D eigenvalue weighted by molar-refractivity contribution is 7.80. The highest BCUT2D eigenvalue weighted by Gasteiger charge is 2.44. The maximum Gasteiger partial charge on any atom is 0.165 e. The fraction of sp³-hybridized carbons (Fsp3) is 0.556. The van der Waals surface area contributed by atoms with Gasteiger partial charge in [-0.15, -0.1) is 0 Å². The van der Waals surface area contributed by atoms with Crippen molar-refractivity contribution < 1.29 is 20.1 Å². The van der Waals surface area contributed by atoms with Crippen LogP contribution in [-0.4, -0.2) is 54.8 Å². The summed E-state index contributed by atoms with van der Waals surface area (Å²) < 4.78 is 6.62. The van der Waals surface area contributed by atoms with Crippen molar-refractivity contribution in [2.24, 2.45) is 5.73 Å². The van der Waals surface area contributed by atoms with Gasteiger partial charge in [-0.25, -0.2) is 4.98 Å². The lowest BCUT2D eigenvalue weighted by Gasteiger charge is -2.17. The van der Waals surface area contributed by atoms with Crippen LogP contribution in [0.5, 0.6) is 0 Å². The summed E-state index contributed by atoms with van der Waals surface area (Å²) in [6.45, 7) is -0.411. The average molecular weight is 274 g/mol. The van der Waals surface area contributed by atoms with Gasteiger partial charge >= 0.3 is 0 Å². The molecule has 2 heterocycles. The quantitative estimate of drug-likeness (QED) is 0.388. The lowest BCUT2D eigenvalue weighted by Crippen LogP contribution is -2.33. The van der Waals surface area contributed by atoms with E-state index in [4.69, 9.17) is 33.5 Å². The van der Waals surface area contributed by atoms with Crippen LogP contribution in [0.15, 0.2) is 6.33 Å². The minimum Gasteiger partial charge on any atom is -0.394 e. The Balaban J connectivity index is 2.30. The molecule has 4 atom stereocenters. The first-order valence-electron chi connectivity index (χ1n) is 5.22. The second-order valence-electron chi connectivity index (χ2n) is 3.98. The lowest BCUT2D eigenvalue weighted by molar-refractivity contribution is -0.0517. The summed E-state index contributed by atoms with van der Waals surface area (Å²) in [6.07, 6.45) is -2.93. The van der Waals surface area contributed by atoms with E-state index in [1.807, 2.05) is 0 Å². The minimum absolute atomic E-state index is 0.0259. The van der Waals surface area contributed by atoms with E-state index in [1.54, 1.807) is 0 Å². The van der Waals surface area contributed by atoms with Crippen molar-refractivity contribution in [2.75, 3.05) is 12.3 Å². The number of anilines is 1. The summed E-state index contributed by atoms with van der Waals surface area (Å²) in [5.41, 5.74) is 11.4. The average Bonchev–Trinajstić information content (AvgIpc) is 2.82. The van der Waals surface area contributed by atoms with Gasteiger partial charge in [0.25, 0.3) is 0 Å². The van der Waals surface area contributed by atoms with Gasteiger partial charge in [-0.3, -0.25) is 4.57 Å². The monoisotopic (exact) mass is 274 g/mol.